The van der Waals surface area contributed by atoms with E-state index in [1.165, 1.54) is 11.8 Å². The van der Waals surface area contributed by atoms with Crippen molar-refractivity contribution in [3.63, 3.8) is 0 Å². The average Bonchev–Trinajstić information content (AvgIpc) is 3.23. The van der Waals surface area contributed by atoms with Gasteiger partial charge < -0.3 is 14.8 Å². The zero-order chi connectivity index (χ0) is 18.4. The average molecular weight is 406 g/mol. The molecular formula is C18H19N3O4S2. The number of benzene rings is 1. The molecule has 0 bridgehead atoms. The number of carbonyl (C=O) groups excluding carboxylic acids is 1. The van der Waals surface area contributed by atoms with Gasteiger partial charge in [-0.15, -0.1) is 11.8 Å². The van der Waals surface area contributed by atoms with Crippen molar-refractivity contribution in [2.24, 2.45) is 0 Å². The molecule has 1 fully saturated rings. The van der Waals surface area contributed by atoms with Crippen LogP contribution in [0.5, 0.6) is 11.5 Å². The lowest BCUT2D eigenvalue weighted by molar-refractivity contribution is -0.113. The SMILES string of the molecule is O=C1CSC(c2ccc3c(c2)OCO3)c2c(n(C3CCSCC3)[nH]c2=O)N1. The van der Waals surface area contributed by atoms with Crippen LogP contribution in [-0.4, -0.2) is 39.7 Å². The summed E-state index contributed by atoms with van der Waals surface area (Å²) in [4.78, 5) is 25.2. The van der Waals surface area contributed by atoms with E-state index in [4.69, 9.17) is 9.47 Å². The Kier molecular flexibility index (Phi) is 4.35. The largest absolute Gasteiger partial charge is 0.454 e. The third kappa shape index (κ3) is 3.02. The van der Waals surface area contributed by atoms with Crippen LogP contribution >= 0.6 is 23.5 Å². The van der Waals surface area contributed by atoms with Crippen molar-refractivity contribution in [3.8, 4) is 11.5 Å². The Morgan fingerprint density at radius 3 is 2.78 bits per heavy atom. The second kappa shape index (κ2) is 6.87. The fourth-order valence-corrected chi connectivity index (χ4v) is 6.00. The molecule has 1 aromatic heterocycles. The number of carbonyl (C=O) groups is 1. The molecule has 1 unspecified atom stereocenters. The van der Waals surface area contributed by atoms with Gasteiger partial charge in [-0.05, 0) is 42.0 Å². The van der Waals surface area contributed by atoms with Gasteiger partial charge >= 0.3 is 0 Å². The van der Waals surface area contributed by atoms with E-state index < -0.39 is 0 Å². The lowest BCUT2D eigenvalue weighted by Gasteiger charge is -2.24. The first kappa shape index (κ1) is 17.1. The summed E-state index contributed by atoms with van der Waals surface area (Å²) in [5.74, 6) is 4.35. The Hall–Kier alpha value is -2.00. The first-order valence-corrected chi connectivity index (χ1v) is 11.1. The van der Waals surface area contributed by atoms with E-state index in [9.17, 15) is 9.59 Å². The number of rotatable bonds is 2. The van der Waals surface area contributed by atoms with E-state index in [1.807, 2.05) is 34.6 Å². The van der Waals surface area contributed by atoms with Crippen molar-refractivity contribution in [3.05, 3.63) is 39.7 Å². The number of hydrogen-bond donors (Lipinski definition) is 2. The van der Waals surface area contributed by atoms with Crippen molar-refractivity contribution in [1.82, 2.24) is 9.78 Å². The third-order valence-electron chi connectivity index (χ3n) is 5.12. The third-order valence-corrected chi connectivity index (χ3v) is 7.44. The van der Waals surface area contributed by atoms with E-state index in [-0.39, 0.29) is 29.6 Å². The first-order valence-electron chi connectivity index (χ1n) is 8.94. The number of ether oxygens (including phenoxy) is 2. The summed E-state index contributed by atoms with van der Waals surface area (Å²) in [5.41, 5.74) is 1.41. The summed E-state index contributed by atoms with van der Waals surface area (Å²) < 4.78 is 12.8. The van der Waals surface area contributed by atoms with Crippen LogP contribution in [-0.2, 0) is 4.79 Å². The number of nitrogens with one attached hydrogen (secondary N) is 2. The Bertz CT molecular complexity index is 949. The summed E-state index contributed by atoms with van der Waals surface area (Å²) in [7, 11) is 0. The second-order valence-electron chi connectivity index (χ2n) is 6.77. The quantitative estimate of drug-likeness (QED) is 0.799. The molecule has 1 aromatic carbocycles. The highest BCUT2D eigenvalue weighted by molar-refractivity contribution is 8.00. The molecule has 2 aromatic rings. The lowest BCUT2D eigenvalue weighted by atomic mass is 10.1. The van der Waals surface area contributed by atoms with Gasteiger partial charge in [0.05, 0.1) is 22.6 Å². The highest BCUT2D eigenvalue weighted by Gasteiger charge is 2.33. The van der Waals surface area contributed by atoms with Crippen LogP contribution in [0.15, 0.2) is 23.0 Å². The Morgan fingerprint density at radius 1 is 1.11 bits per heavy atom. The fraction of sp³-hybridized carbons (Fsp3) is 0.444. The number of H-pyrrole nitrogens is 1. The summed E-state index contributed by atoms with van der Waals surface area (Å²) in [6.07, 6.45) is 1.97. The Labute approximate surface area is 164 Å². The molecule has 0 aliphatic carbocycles. The molecule has 27 heavy (non-hydrogen) atoms. The minimum Gasteiger partial charge on any atom is -0.454 e. The topological polar surface area (TPSA) is 85.3 Å². The summed E-state index contributed by atoms with van der Waals surface area (Å²) >= 11 is 3.39. The van der Waals surface area contributed by atoms with Crippen LogP contribution in [0.2, 0.25) is 0 Å². The molecule has 3 aliphatic rings. The number of aromatic nitrogens is 2. The molecule has 0 spiro atoms. The van der Waals surface area contributed by atoms with E-state index in [2.05, 4.69) is 10.4 Å². The predicted molar refractivity (Wildman–Crippen MR) is 106 cm³/mol. The van der Waals surface area contributed by atoms with Crippen molar-refractivity contribution >= 4 is 35.2 Å². The molecule has 3 aliphatic heterocycles. The van der Waals surface area contributed by atoms with Gasteiger partial charge in [-0.2, -0.15) is 11.8 Å². The number of amides is 1. The van der Waals surface area contributed by atoms with Gasteiger partial charge in [0.15, 0.2) is 11.5 Å². The van der Waals surface area contributed by atoms with Crippen molar-refractivity contribution in [1.29, 1.82) is 0 Å². The van der Waals surface area contributed by atoms with Gasteiger partial charge in [0, 0.05) is 0 Å². The van der Waals surface area contributed by atoms with Crippen LogP contribution in [0.25, 0.3) is 0 Å². The number of nitrogens with zero attached hydrogens (tertiary/aromatic N) is 1. The van der Waals surface area contributed by atoms with Crippen LogP contribution in [0.4, 0.5) is 5.82 Å². The van der Waals surface area contributed by atoms with E-state index in [0.29, 0.717) is 28.6 Å². The molecule has 9 heteroatoms. The smallest absolute Gasteiger partial charge is 0.270 e. The zero-order valence-corrected chi connectivity index (χ0v) is 16.2. The van der Waals surface area contributed by atoms with Crippen molar-refractivity contribution in [2.45, 2.75) is 24.1 Å². The van der Waals surface area contributed by atoms with Gasteiger partial charge in [0.25, 0.3) is 5.56 Å². The predicted octanol–water partition coefficient (Wildman–Crippen LogP) is 2.75. The molecule has 142 valence electrons. The molecule has 1 atom stereocenters. The Balaban J connectivity index is 1.60. The molecule has 1 saturated heterocycles. The van der Waals surface area contributed by atoms with Gasteiger partial charge in [0.1, 0.15) is 5.82 Å². The highest BCUT2D eigenvalue weighted by atomic mass is 32.2. The number of anilines is 1. The summed E-state index contributed by atoms with van der Waals surface area (Å²) in [6, 6.07) is 5.93. The molecule has 0 radical (unpaired) electrons. The van der Waals surface area contributed by atoms with Crippen LogP contribution in [0, 0.1) is 0 Å². The fourth-order valence-electron chi connectivity index (χ4n) is 3.80. The zero-order valence-electron chi connectivity index (χ0n) is 14.5. The standard InChI is InChI=1S/C18H19N3O4S2/c22-14-8-27-16(10-1-2-12-13(7-10)25-9-24-12)15-17(19-14)21(20-18(15)23)11-3-5-26-6-4-11/h1-2,7,11,16H,3-6,8-9H2,(H,19,22)(H,20,23). The van der Waals surface area contributed by atoms with Crippen LogP contribution < -0.4 is 20.3 Å². The van der Waals surface area contributed by atoms with E-state index in [1.54, 1.807) is 0 Å². The van der Waals surface area contributed by atoms with Gasteiger partial charge in [-0.3, -0.25) is 19.4 Å². The van der Waals surface area contributed by atoms with Gasteiger partial charge in [-0.1, -0.05) is 6.07 Å². The van der Waals surface area contributed by atoms with Gasteiger partial charge in [-0.25, -0.2) is 0 Å². The van der Waals surface area contributed by atoms with Crippen molar-refractivity contribution < 1.29 is 14.3 Å². The van der Waals surface area contributed by atoms with Gasteiger partial charge in [0.2, 0.25) is 12.7 Å². The normalized spacial score (nSPS) is 22.2. The number of hydrogen-bond acceptors (Lipinski definition) is 6. The summed E-state index contributed by atoms with van der Waals surface area (Å²) in [5, 5.41) is 5.72. The Morgan fingerprint density at radius 2 is 1.93 bits per heavy atom. The molecule has 1 amide bonds. The molecule has 7 nitrogen and oxygen atoms in total. The minimum absolute atomic E-state index is 0.0811. The second-order valence-corrected chi connectivity index (χ2v) is 9.09. The number of thioether (sulfide) groups is 2. The molecule has 5 rings (SSSR count). The maximum atomic E-state index is 12.9. The minimum atomic E-state index is -0.239. The maximum Gasteiger partial charge on any atom is 0.270 e. The number of fused-ring (bicyclic) bond motifs is 2. The highest BCUT2D eigenvalue weighted by Crippen LogP contribution is 2.44. The molecule has 2 N–H and O–H groups in total. The lowest BCUT2D eigenvalue weighted by Crippen LogP contribution is -2.22. The van der Waals surface area contributed by atoms with Crippen LogP contribution in [0.1, 0.15) is 35.3 Å². The summed E-state index contributed by atoms with van der Waals surface area (Å²) in [6.45, 7) is 0.207. The monoisotopic (exact) mass is 405 g/mol. The van der Waals surface area contributed by atoms with Crippen molar-refractivity contribution in [2.75, 3.05) is 29.4 Å². The van der Waals surface area contributed by atoms with E-state index in [0.717, 1.165) is 29.9 Å². The molecule has 4 heterocycles. The first-order chi connectivity index (χ1) is 13.2. The number of aromatic amines is 1. The van der Waals surface area contributed by atoms with Crippen LogP contribution in [0.3, 0.4) is 0 Å². The van der Waals surface area contributed by atoms with E-state index >= 15 is 0 Å². The molecular weight excluding hydrogens is 386 g/mol. The molecule has 0 saturated carbocycles. The maximum absolute atomic E-state index is 12.9.